The Morgan fingerprint density at radius 3 is 2.65 bits per heavy atom. The molecule has 0 aliphatic carbocycles. The lowest BCUT2D eigenvalue weighted by Gasteiger charge is -2.19. The molecule has 1 aromatic carbocycles. The van der Waals surface area contributed by atoms with Crippen molar-refractivity contribution in [2.24, 2.45) is 7.05 Å². The lowest BCUT2D eigenvalue weighted by Crippen LogP contribution is -2.30. The van der Waals surface area contributed by atoms with Gasteiger partial charge in [0.15, 0.2) is 0 Å². The van der Waals surface area contributed by atoms with E-state index < -0.39 is 0 Å². The number of carbonyl (C=O) groups excluding carboxylic acids is 1. The van der Waals surface area contributed by atoms with Crippen LogP contribution in [0.5, 0.6) is 0 Å². The molecule has 1 N–H and O–H groups in total. The van der Waals surface area contributed by atoms with Gasteiger partial charge in [-0.3, -0.25) is 14.5 Å². The number of hydrogen-bond donors (Lipinski definition) is 1. The van der Waals surface area contributed by atoms with Gasteiger partial charge < -0.3 is 5.32 Å². The molecular formula is C20H21ClN4O. The maximum absolute atomic E-state index is 12.9. The second-order valence-corrected chi connectivity index (χ2v) is 6.58. The Morgan fingerprint density at radius 2 is 2.00 bits per heavy atom. The molecule has 0 aliphatic heterocycles. The maximum Gasteiger partial charge on any atom is 0.270 e. The van der Waals surface area contributed by atoms with Gasteiger partial charge in [-0.15, -0.1) is 0 Å². The molecule has 0 saturated heterocycles. The monoisotopic (exact) mass is 368 g/mol. The molecule has 0 bridgehead atoms. The molecule has 0 aliphatic rings. The first kappa shape index (κ1) is 18.1. The van der Waals surface area contributed by atoms with Gasteiger partial charge in [0.25, 0.3) is 5.91 Å². The van der Waals surface area contributed by atoms with Crippen molar-refractivity contribution in [1.82, 2.24) is 20.1 Å². The van der Waals surface area contributed by atoms with Crippen LogP contribution in [0.2, 0.25) is 5.02 Å². The van der Waals surface area contributed by atoms with Crippen LogP contribution in [0, 0.1) is 0 Å². The molecule has 0 fully saturated rings. The van der Waals surface area contributed by atoms with Gasteiger partial charge >= 0.3 is 0 Å². The number of pyridine rings is 1. The summed E-state index contributed by atoms with van der Waals surface area (Å²) >= 11 is 6.01. The minimum atomic E-state index is -0.321. The lowest BCUT2D eigenvalue weighted by atomic mass is 10.00. The molecule has 26 heavy (non-hydrogen) atoms. The first-order valence-electron chi connectivity index (χ1n) is 8.57. The maximum atomic E-state index is 12.9. The van der Waals surface area contributed by atoms with E-state index in [1.165, 1.54) is 0 Å². The van der Waals surface area contributed by atoms with Crippen molar-refractivity contribution in [2.75, 3.05) is 0 Å². The van der Waals surface area contributed by atoms with Crippen LogP contribution in [0.4, 0.5) is 0 Å². The molecule has 6 heteroatoms. The standard InChI is InChI=1S/C20H21ClN4O/c1-3-5-17-12-18(25(2)24-17)20(26)23-19(15-6-4-11-22-13-15)14-7-9-16(21)10-8-14/h4,6-13,19H,3,5H2,1-2H3,(H,23,26)/t19-/m0/s1. The van der Waals surface area contributed by atoms with Crippen LogP contribution in [0.15, 0.2) is 54.9 Å². The highest BCUT2D eigenvalue weighted by Crippen LogP contribution is 2.23. The fourth-order valence-corrected chi connectivity index (χ4v) is 3.01. The molecule has 0 unspecified atom stereocenters. The highest BCUT2D eigenvalue weighted by Gasteiger charge is 2.20. The summed E-state index contributed by atoms with van der Waals surface area (Å²) in [6.45, 7) is 2.09. The Kier molecular flexibility index (Phi) is 5.68. The minimum absolute atomic E-state index is 0.175. The molecule has 1 amide bonds. The van der Waals surface area contributed by atoms with E-state index in [2.05, 4.69) is 22.3 Å². The van der Waals surface area contributed by atoms with Crippen LogP contribution < -0.4 is 5.32 Å². The fourth-order valence-electron chi connectivity index (χ4n) is 2.88. The van der Waals surface area contributed by atoms with Crippen molar-refractivity contribution in [3.05, 3.63) is 82.4 Å². The summed E-state index contributed by atoms with van der Waals surface area (Å²) in [7, 11) is 1.79. The van der Waals surface area contributed by atoms with Gasteiger partial charge in [-0.1, -0.05) is 43.1 Å². The van der Waals surface area contributed by atoms with Gasteiger partial charge in [-0.2, -0.15) is 5.10 Å². The first-order valence-corrected chi connectivity index (χ1v) is 8.95. The van der Waals surface area contributed by atoms with Crippen molar-refractivity contribution in [1.29, 1.82) is 0 Å². The number of amides is 1. The van der Waals surface area contributed by atoms with E-state index in [0.717, 1.165) is 29.7 Å². The zero-order valence-corrected chi connectivity index (χ0v) is 15.6. The predicted molar refractivity (Wildman–Crippen MR) is 102 cm³/mol. The third-order valence-corrected chi connectivity index (χ3v) is 4.42. The third-order valence-electron chi connectivity index (χ3n) is 4.17. The van der Waals surface area contributed by atoms with E-state index >= 15 is 0 Å². The quantitative estimate of drug-likeness (QED) is 0.716. The van der Waals surface area contributed by atoms with Gasteiger partial charge in [0.05, 0.1) is 11.7 Å². The number of aryl methyl sites for hydroxylation is 2. The summed E-state index contributed by atoms with van der Waals surface area (Å²) < 4.78 is 1.63. The second kappa shape index (κ2) is 8.15. The predicted octanol–water partition coefficient (Wildman–Crippen LogP) is 3.94. The Balaban J connectivity index is 1.90. The van der Waals surface area contributed by atoms with E-state index in [1.54, 1.807) is 24.1 Å². The number of aromatic nitrogens is 3. The number of nitrogens with zero attached hydrogens (tertiary/aromatic N) is 3. The number of rotatable bonds is 6. The summed E-state index contributed by atoms with van der Waals surface area (Å²) in [6, 6.07) is 12.8. The van der Waals surface area contributed by atoms with Gasteiger partial charge in [-0.25, -0.2) is 0 Å². The average molecular weight is 369 g/mol. The molecule has 3 aromatic rings. The van der Waals surface area contributed by atoms with Crippen molar-refractivity contribution in [2.45, 2.75) is 25.8 Å². The average Bonchev–Trinajstić information content (AvgIpc) is 3.02. The first-order chi connectivity index (χ1) is 12.6. The number of benzene rings is 1. The Hall–Kier alpha value is -2.66. The third kappa shape index (κ3) is 4.11. The molecule has 2 heterocycles. The number of hydrogen-bond acceptors (Lipinski definition) is 3. The van der Waals surface area contributed by atoms with E-state index in [-0.39, 0.29) is 11.9 Å². The van der Waals surface area contributed by atoms with Crippen molar-refractivity contribution < 1.29 is 4.79 Å². The van der Waals surface area contributed by atoms with Crippen LogP contribution in [-0.4, -0.2) is 20.7 Å². The lowest BCUT2D eigenvalue weighted by molar-refractivity contribution is 0.0933. The number of nitrogens with one attached hydrogen (secondary N) is 1. The number of halogens is 1. The van der Waals surface area contributed by atoms with E-state index in [4.69, 9.17) is 11.6 Å². The van der Waals surface area contributed by atoms with Crippen LogP contribution in [0.1, 0.15) is 46.7 Å². The molecular weight excluding hydrogens is 348 g/mol. The topological polar surface area (TPSA) is 59.8 Å². The molecule has 0 radical (unpaired) electrons. The van der Waals surface area contributed by atoms with E-state index in [9.17, 15) is 4.79 Å². The SMILES string of the molecule is CCCc1cc(C(=O)N[C@@H](c2ccc(Cl)cc2)c2cccnc2)n(C)n1. The molecule has 3 rings (SSSR count). The van der Waals surface area contributed by atoms with Crippen LogP contribution >= 0.6 is 11.6 Å². The van der Waals surface area contributed by atoms with Gasteiger partial charge in [-0.05, 0) is 41.8 Å². The highest BCUT2D eigenvalue weighted by molar-refractivity contribution is 6.30. The zero-order chi connectivity index (χ0) is 18.5. The van der Waals surface area contributed by atoms with E-state index in [1.807, 2.05) is 42.5 Å². The summed E-state index contributed by atoms with van der Waals surface area (Å²) in [5, 5.41) is 8.16. The van der Waals surface area contributed by atoms with Gasteiger partial charge in [0, 0.05) is 24.5 Å². The Labute approximate surface area is 158 Å². The summed E-state index contributed by atoms with van der Waals surface area (Å²) in [5.74, 6) is -0.175. The highest BCUT2D eigenvalue weighted by atomic mass is 35.5. The minimum Gasteiger partial charge on any atom is -0.340 e. The summed E-state index contributed by atoms with van der Waals surface area (Å²) in [6.07, 6.45) is 5.30. The van der Waals surface area contributed by atoms with Crippen molar-refractivity contribution in [3.63, 3.8) is 0 Å². The molecule has 134 valence electrons. The van der Waals surface area contributed by atoms with Crippen LogP contribution in [0.25, 0.3) is 0 Å². The summed E-state index contributed by atoms with van der Waals surface area (Å²) in [4.78, 5) is 17.1. The van der Waals surface area contributed by atoms with Gasteiger partial charge in [0.2, 0.25) is 0 Å². The van der Waals surface area contributed by atoms with E-state index in [0.29, 0.717) is 10.7 Å². The zero-order valence-electron chi connectivity index (χ0n) is 14.8. The molecule has 1 atom stereocenters. The molecule has 5 nitrogen and oxygen atoms in total. The normalized spacial score (nSPS) is 12.0. The Morgan fingerprint density at radius 1 is 1.23 bits per heavy atom. The van der Waals surface area contributed by atoms with Gasteiger partial charge in [0.1, 0.15) is 5.69 Å². The number of carbonyl (C=O) groups is 1. The van der Waals surface area contributed by atoms with Crippen LogP contribution in [0.3, 0.4) is 0 Å². The second-order valence-electron chi connectivity index (χ2n) is 6.14. The van der Waals surface area contributed by atoms with Crippen molar-refractivity contribution >= 4 is 17.5 Å². The largest absolute Gasteiger partial charge is 0.340 e. The smallest absolute Gasteiger partial charge is 0.270 e. The molecule has 2 aromatic heterocycles. The Bertz CT molecular complexity index is 875. The summed E-state index contributed by atoms with van der Waals surface area (Å²) in [5.41, 5.74) is 3.30. The van der Waals surface area contributed by atoms with Crippen molar-refractivity contribution in [3.8, 4) is 0 Å². The molecule has 0 saturated carbocycles. The molecule has 0 spiro atoms. The fraction of sp³-hybridized carbons (Fsp3) is 0.250. The van der Waals surface area contributed by atoms with Crippen LogP contribution in [-0.2, 0) is 13.5 Å².